The van der Waals surface area contributed by atoms with Gasteiger partial charge in [0.2, 0.25) is 0 Å². The maximum Gasteiger partial charge on any atom is 0.131 e. The monoisotopic (exact) mass is 179 g/mol. The third kappa shape index (κ3) is 1.12. The Morgan fingerprint density at radius 1 is 1.25 bits per heavy atom. The van der Waals surface area contributed by atoms with Gasteiger partial charge in [-0.2, -0.15) is 0 Å². The number of halogens is 1. The van der Waals surface area contributed by atoms with Gasteiger partial charge in [0.1, 0.15) is 10.7 Å². The normalized spacial score (nSPS) is 10.5. The van der Waals surface area contributed by atoms with Crippen LogP contribution in [-0.2, 0) is 0 Å². The molecule has 0 aliphatic rings. The Kier molecular flexibility index (Phi) is 1.66. The Morgan fingerprint density at radius 2 is 2.00 bits per heavy atom. The molecular formula is C8H6ClN3. The number of rotatable bonds is 0. The lowest BCUT2D eigenvalue weighted by atomic mass is 10.3. The van der Waals surface area contributed by atoms with Crippen molar-refractivity contribution in [2.24, 2.45) is 0 Å². The van der Waals surface area contributed by atoms with E-state index in [0.717, 1.165) is 16.7 Å². The van der Waals surface area contributed by atoms with Crippen LogP contribution in [0.5, 0.6) is 0 Å². The minimum absolute atomic E-state index is 0.459. The summed E-state index contributed by atoms with van der Waals surface area (Å²) in [5.74, 6) is 0. The molecule has 0 atom stereocenters. The van der Waals surface area contributed by atoms with Crippen LogP contribution in [0.2, 0.25) is 5.15 Å². The quantitative estimate of drug-likeness (QED) is 0.581. The molecule has 3 nitrogen and oxygen atoms in total. The molecule has 2 heterocycles. The fourth-order valence-electron chi connectivity index (χ4n) is 1.09. The van der Waals surface area contributed by atoms with Gasteiger partial charge in [-0.25, -0.2) is 4.98 Å². The van der Waals surface area contributed by atoms with E-state index >= 15 is 0 Å². The van der Waals surface area contributed by atoms with Crippen LogP contribution in [0.3, 0.4) is 0 Å². The third-order valence-electron chi connectivity index (χ3n) is 1.60. The molecule has 0 aliphatic heterocycles. The Hall–Kier alpha value is -1.22. The second-order valence-electron chi connectivity index (χ2n) is 2.45. The third-order valence-corrected chi connectivity index (χ3v) is 1.79. The number of aryl methyl sites for hydroxylation is 1. The van der Waals surface area contributed by atoms with Crippen molar-refractivity contribution in [3.8, 4) is 0 Å². The Morgan fingerprint density at radius 3 is 2.83 bits per heavy atom. The molecule has 0 spiro atoms. The topological polar surface area (TPSA) is 38.7 Å². The van der Waals surface area contributed by atoms with E-state index in [4.69, 9.17) is 11.6 Å². The van der Waals surface area contributed by atoms with Crippen LogP contribution in [-0.4, -0.2) is 15.0 Å². The summed E-state index contributed by atoms with van der Waals surface area (Å²) in [5, 5.41) is 0.459. The van der Waals surface area contributed by atoms with Gasteiger partial charge in [0.25, 0.3) is 0 Å². The highest BCUT2D eigenvalue weighted by Gasteiger charge is 2.01. The lowest BCUT2D eigenvalue weighted by Crippen LogP contribution is -1.89. The standard InChI is InChI=1S/C8H6ClN3/c1-5-8-6(4-7(9)12-5)10-2-3-11-8/h2-4H,1H3. The number of aromatic nitrogens is 3. The zero-order valence-electron chi connectivity index (χ0n) is 6.45. The second-order valence-corrected chi connectivity index (χ2v) is 2.84. The fourth-order valence-corrected chi connectivity index (χ4v) is 1.32. The fraction of sp³-hybridized carbons (Fsp3) is 0.125. The van der Waals surface area contributed by atoms with Crippen LogP contribution in [0, 0.1) is 6.92 Å². The van der Waals surface area contributed by atoms with E-state index in [1.165, 1.54) is 0 Å². The molecule has 2 aromatic rings. The summed E-state index contributed by atoms with van der Waals surface area (Å²) in [6.07, 6.45) is 3.28. The molecule has 0 aliphatic carbocycles. The predicted molar refractivity (Wildman–Crippen MR) is 47.1 cm³/mol. The van der Waals surface area contributed by atoms with E-state index in [-0.39, 0.29) is 0 Å². The van der Waals surface area contributed by atoms with Crippen molar-refractivity contribution in [3.63, 3.8) is 0 Å². The molecule has 0 N–H and O–H groups in total. The average Bonchev–Trinajstić information content (AvgIpc) is 2.04. The van der Waals surface area contributed by atoms with Crippen molar-refractivity contribution in [3.05, 3.63) is 29.3 Å². The highest BCUT2D eigenvalue weighted by molar-refractivity contribution is 6.30. The van der Waals surface area contributed by atoms with E-state index < -0.39 is 0 Å². The molecule has 12 heavy (non-hydrogen) atoms. The number of fused-ring (bicyclic) bond motifs is 1. The van der Waals surface area contributed by atoms with Crippen molar-refractivity contribution in [2.75, 3.05) is 0 Å². The van der Waals surface area contributed by atoms with Gasteiger partial charge < -0.3 is 0 Å². The summed E-state index contributed by atoms with van der Waals surface area (Å²) in [4.78, 5) is 12.3. The highest BCUT2D eigenvalue weighted by Crippen LogP contribution is 2.15. The summed E-state index contributed by atoms with van der Waals surface area (Å²) in [5.41, 5.74) is 2.41. The minimum atomic E-state index is 0.459. The first kappa shape index (κ1) is 7.43. The van der Waals surface area contributed by atoms with E-state index in [0.29, 0.717) is 5.15 Å². The smallest absolute Gasteiger partial charge is 0.131 e. The van der Waals surface area contributed by atoms with Gasteiger partial charge in [-0.15, -0.1) is 0 Å². The molecule has 0 radical (unpaired) electrons. The Labute approximate surface area is 74.4 Å². The van der Waals surface area contributed by atoms with Gasteiger partial charge in [-0.3, -0.25) is 9.97 Å². The molecule has 60 valence electrons. The summed E-state index contributed by atoms with van der Waals surface area (Å²) in [6.45, 7) is 1.86. The maximum absolute atomic E-state index is 5.75. The van der Waals surface area contributed by atoms with Crippen molar-refractivity contribution >= 4 is 22.6 Å². The van der Waals surface area contributed by atoms with Crippen molar-refractivity contribution in [2.45, 2.75) is 6.92 Å². The van der Waals surface area contributed by atoms with Crippen molar-refractivity contribution in [1.29, 1.82) is 0 Å². The van der Waals surface area contributed by atoms with Gasteiger partial charge in [-0.1, -0.05) is 11.6 Å². The number of hydrogen-bond donors (Lipinski definition) is 0. The van der Waals surface area contributed by atoms with Gasteiger partial charge in [-0.05, 0) is 6.92 Å². The molecule has 0 saturated carbocycles. The van der Waals surface area contributed by atoms with Crippen LogP contribution in [0.25, 0.3) is 11.0 Å². The van der Waals surface area contributed by atoms with E-state index in [1.54, 1.807) is 18.5 Å². The average molecular weight is 180 g/mol. The van der Waals surface area contributed by atoms with Gasteiger partial charge in [0.05, 0.1) is 11.2 Å². The van der Waals surface area contributed by atoms with Crippen LogP contribution < -0.4 is 0 Å². The first-order chi connectivity index (χ1) is 5.77. The van der Waals surface area contributed by atoms with Crippen LogP contribution in [0.4, 0.5) is 0 Å². The van der Waals surface area contributed by atoms with Gasteiger partial charge >= 0.3 is 0 Å². The predicted octanol–water partition coefficient (Wildman–Crippen LogP) is 1.99. The number of nitrogens with zero attached hydrogens (tertiary/aromatic N) is 3. The second kappa shape index (κ2) is 2.68. The van der Waals surface area contributed by atoms with Crippen LogP contribution >= 0.6 is 11.6 Å². The first-order valence-corrected chi connectivity index (χ1v) is 3.89. The maximum atomic E-state index is 5.75. The molecule has 2 aromatic heterocycles. The SMILES string of the molecule is Cc1nc(Cl)cc2nccnc12. The Bertz CT molecular complexity index is 428. The number of hydrogen-bond acceptors (Lipinski definition) is 3. The molecule has 0 saturated heterocycles. The van der Waals surface area contributed by atoms with Crippen LogP contribution in [0.1, 0.15) is 5.69 Å². The van der Waals surface area contributed by atoms with E-state index in [2.05, 4.69) is 15.0 Å². The zero-order chi connectivity index (χ0) is 8.55. The molecule has 0 fully saturated rings. The minimum Gasteiger partial charge on any atom is -0.253 e. The summed E-state index contributed by atoms with van der Waals surface area (Å²) < 4.78 is 0. The molecular weight excluding hydrogens is 174 g/mol. The van der Waals surface area contributed by atoms with Crippen LogP contribution in [0.15, 0.2) is 18.5 Å². The molecule has 4 heteroatoms. The Balaban J connectivity index is 2.89. The van der Waals surface area contributed by atoms with Gasteiger partial charge in [0.15, 0.2) is 0 Å². The summed E-state index contributed by atoms with van der Waals surface area (Å²) in [6, 6.07) is 1.71. The lowest BCUT2D eigenvalue weighted by molar-refractivity contribution is 1.18. The molecule has 2 rings (SSSR count). The van der Waals surface area contributed by atoms with E-state index in [1.807, 2.05) is 6.92 Å². The molecule has 0 aromatic carbocycles. The molecule has 0 bridgehead atoms. The lowest BCUT2D eigenvalue weighted by Gasteiger charge is -1.98. The highest BCUT2D eigenvalue weighted by atomic mass is 35.5. The first-order valence-electron chi connectivity index (χ1n) is 3.51. The van der Waals surface area contributed by atoms with E-state index in [9.17, 15) is 0 Å². The summed E-state index contributed by atoms with van der Waals surface area (Å²) in [7, 11) is 0. The number of pyridine rings is 1. The molecule has 0 unspecified atom stereocenters. The van der Waals surface area contributed by atoms with Crippen molar-refractivity contribution in [1.82, 2.24) is 15.0 Å². The summed E-state index contributed by atoms with van der Waals surface area (Å²) >= 11 is 5.75. The van der Waals surface area contributed by atoms with Crippen molar-refractivity contribution < 1.29 is 0 Å². The molecule has 0 amide bonds. The largest absolute Gasteiger partial charge is 0.253 e. The zero-order valence-corrected chi connectivity index (χ0v) is 7.21. The van der Waals surface area contributed by atoms with Gasteiger partial charge in [0, 0.05) is 18.5 Å².